The third kappa shape index (κ3) is 4.34. The van der Waals surface area contributed by atoms with Crippen LogP contribution in [0.5, 0.6) is 0 Å². The third-order valence-corrected chi connectivity index (χ3v) is 3.40. The number of aliphatic carboxylic acids is 1. The number of hydrogen-bond donors (Lipinski definition) is 2. The molecule has 2 unspecified atom stereocenters. The van der Waals surface area contributed by atoms with E-state index in [9.17, 15) is 9.59 Å². The van der Waals surface area contributed by atoms with E-state index in [2.05, 4.69) is 6.92 Å². The second kappa shape index (κ2) is 6.59. The molecule has 0 bridgehead atoms. The van der Waals surface area contributed by atoms with E-state index in [4.69, 9.17) is 10.8 Å². The van der Waals surface area contributed by atoms with Gasteiger partial charge >= 0.3 is 5.97 Å². The topological polar surface area (TPSA) is 83.6 Å². The van der Waals surface area contributed by atoms with Gasteiger partial charge in [-0.05, 0) is 31.7 Å². The van der Waals surface area contributed by atoms with Crippen LogP contribution in [-0.2, 0) is 9.59 Å². The van der Waals surface area contributed by atoms with E-state index in [0.717, 1.165) is 12.8 Å². The van der Waals surface area contributed by atoms with Crippen LogP contribution in [0.15, 0.2) is 0 Å². The molecule has 1 saturated heterocycles. The highest BCUT2D eigenvalue weighted by molar-refractivity contribution is 5.78. The lowest BCUT2D eigenvalue weighted by Gasteiger charge is -2.17. The zero-order valence-corrected chi connectivity index (χ0v) is 10.4. The Labute approximate surface area is 102 Å². The van der Waals surface area contributed by atoms with Crippen LogP contribution in [0.3, 0.4) is 0 Å². The summed E-state index contributed by atoms with van der Waals surface area (Å²) in [6, 6.07) is 0. The van der Waals surface area contributed by atoms with E-state index in [0.29, 0.717) is 38.4 Å². The molecule has 2 atom stereocenters. The molecule has 1 aliphatic rings. The van der Waals surface area contributed by atoms with E-state index in [1.807, 2.05) is 0 Å². The zero-order chi connectivity index (χ0) is 12.8. The summed E-state index contributed by atoms with van der Waals surface area (Å²) >= 11 is 0. The van der Waals surface area contributed by atoms with Gasteiger partial charge in [0.25, 0.3) is 0 Å². The van der Waals surface area contributed by atoms with Gasteiger partial charge in [0.05, 0.1) is 5.92 Å². The summed E-state index contributed by atoms with van der Waals surface area (Å²) in [5.74, 6) is -0.628. The predicted octanol–water partition coefficient (Wildman–Crippen LogP) is 0.685. The minimum Gasteiger partial charge on any atom is -0.481 e. The van der Waals surface area contributed by atoms with Crippen molar-refractivity contribution in [2.75, 3.05) is 19.6 Å². The standard InChI is InChI=1S/C12H22N2O3/c1-9(4-6-13)2-3-11(15)14-7-5-10(8-14)12(16)17/h9-10H,2-8,13H2,1H3,(H,16,17). The van der Waals surface area contributed by atoms with E-state index in [1.54, 1.807) is 4.90 Å². The van der Waals surface area contributed by atoms with E-state index in [1.165, 1.54) is 0 Å². The smallest absolute Gasteiger partial charge is 0.308 e. The number of nitrogens with two attached hydrogens (primary N) is 1. The normalized spacial score (nSPS) is 21.5. The lowest BCUT2D eigenvalue weighted by Crippen LogP contribution is -2.30. The first kappa shape index (κ1) is 14.0. The molecule has 0 spiro atoms. The van der Waals surface area contributed by atoms with Crippen molar-refractivity contribution in [3.63, 3.8) is 0 Å². The van der Waals surface area contributed by atoms with Crippen LogP contribution < -0.4 is 5.73 Å². The number of carbonyl (C=O) groups is 2. The lowest BCUT2D eigenvalue weighted by atomic mass is 10.0. The monoisotopic (exact) mass is 242 g/mol. The van der Waals surface area contributed by atoms with Crippen molar-refractivity contribution in [2.45, 2.75) is 32.6 Å². The Morgan fingerprint density at radius 3 is 2.71 bits per heavy atom. The Morgan fingerprint density at radius 2 is 2.18 bits per heavy atom. The van der Waals surface area contributed by atoms with Gasteiger partial charge in [-0.25, -0.2) is 0 Å². The molecule has 0 aromatic rings. The zero-order valence-electron chi connectivity index (χ0n) is 10.4. The molecule has 1 heterocycles. The second-order valence-electron chi connectivity index (χ2n) is 4.88. The molecule has 1 fully saturated rings. The van der Waals surface area contributed by atoms with Crippen LogP contribution in [0.1, 0.15) is 32.6 Å². The van der Waals surface area contributed by atoms with Crippen molar-refractivity contribution in [1.29, 1.82) is 0 Å². The number of carbonyl (C=O) groups excluding carboxylic acids is 1. The average Bonchev–Trinajstić information content (AvgIpc) is 2.75. The fraction of sp³-hybridized carbons (Fsp3) is 0.833. The number of rotatable bonds is 6. The highest BCUT2D eigenvalue weighted by Crippen LogP contribution is 2.19. The van der Waals surface area contributed by atoms with Gasteiger partial charge in [-0.1, -0.05) is 6.92 Å². The van der Waals surface area contributed by atoms with Crippen LogP contribution in [-0.4, -0.2) is 41.5 Å². The number of amides is 1. The van der Waals surface area contributed by atoms with Crippen LogP contribution in [0.2, 0.25) is 0 Å². The summed E-state index contributed by atoms with van der Waals surface area (Å²) in [5.41, 5.74) is 5.45. The quantitative estimate of drug-likeness (QED) is 0.717. The van der Waals surface area contributed by atoms with Crippen molar-refractivity contribution < 1.29 is 14.7 Å². The Balaban J connectivity index is 2.27. The minimum absolute atomic E-state index is 0.0811. The summed E-state index contributed by atoms with van der Waals surface area (Å²) in [6.45, 7) is 3.70. The molecule has 1 rings (SSSR count). The van der Waals surface area contributed by atoms with Gasteiger partial charge in [0.1, 0.15) is 0 Å². The molecule has 1 aliphatic heterocycles. The first-order valence-electron chi connectivity index (χ1n) is 6.25. The molecular formula is C12H22N2O3. The van der Waals surface area contributed by atoms with E-state index < -0.39 is 5.97 Å². The summed E-state index contributed by atoms with van der Waals surface area (Å²) < 4.78 is 0. The molecular weight excluding hydrogens is 220 g/mol. The first-order chi connectivity index (χ1) is 8.04. The summed E-state index contributed by atoms with van der Waals surface area (Å²) in [4.78, 5) is 24.3. The highest BCUT2D eigenvalue weighted by Gasteiger charge is 2.30. The van der Waals surface area contributed by atoms with E-state index in [-0.39, 0.29) is 11.8 Å². The Morgan fingerprint density at radius 1 is 1.47 bits per heavy atom. The van der Waals surface area contributed by atoms with Gasteiger partial charge in [-0.3, -0.25) is 9.59 Å². The maximum atomic E-state index is 11.8. The molecule has 0 aliphatic carbocycles. The van der Waals surface area contributed by atoms with Gasteiger partial charge in [0.15, 0.2) is 0 Å². The molecule has 98 valence electrons. The van der Waals surface area contributed by atoms with Crippen molar-refractivity contribution in [3.05, 3.63) is 0 Å². The highest BCUT2D eigenvalue weighted by atomic mass is 16.4. The van der Waals surface area contributed by atoms with Gasteiger partial charge < -0.3 is 15.7 Å². The van der Waals surface area contributed by atoms with Crippen LogP contribution in [0.25, 0.3) is 0 Å². The summed E-state index contributed by atoms with van der Waals surface area (Å²) in [5, 5.41) is 8.85. The van der Waals surface area contributed by atoms with Gasteiger partial charge in [-0.15, -0.1) is 0 Å². The maximum absolute atomic E-state index is 11.8. The Hall–Kier alpha value is -1.10. The molecule has 0 saturated carbocycles. The van der Waals surface area contributed by atoms with Gasteiger partial charge in [-0.2, -0.15) is 0 Å². The van der Waals surface area contributed by atoms with Crippen LogP contribution in [0, 0.1) is 11.8 Å². The van der Waals surface area contributed by atoms with Crippen molar-refractivity contribution >= 4 is 11.9 Å². The number of hydrogen-bond acceptors (Lipinski definition) is 3. The summed E-state index contributed by atoms with van der Waals surface area (Å²) in [6.07, 6.45) is 2.86. The lowest BCUT2D eigenvalue weighted by molar-refractivity contribution is -0.141. The van der Waals surface area contributed by atoms with Crippen LogP contribution in [0.4, 0.5) is 0 Å². The van der Waals surface area contributed by atoms with Gasteiger partial charge in [0.2, 0.25) is 5.91 Å². The molecule has 0 radical (unpaired) electrons. The average molecular weight is 242 g/mol. The first-order valence-corrected chi connectivity index (χ1v) is 6.25. The van der Waals surface area contributed by atoms with Crippen molar-refractivity contribution in [3.8, 4) is 0 Å². The number of carboxylic acids is 1. The van der Waals surface area contributed by atoms with E-state index >= 15 is 0 Å². The number of carboxylic acid groups (broad SMARTS) is 1. The molecule has 0 aromatic heterocycles. The Kier molecular flexibility index (Phi) is 5.41. The molecule has 3 N–H and O–H groups in total. The van der Waals surface area contributed by atoms with Crippen molar-refractivity contribution in [2.24, 2.45) is 17.6 Å². The third-order valence-electron chi connectivity index (χ3n) is 3.40. The minimum atomic E-state index is -0.795. The van der Waals surface area contributed by atoms with Crippen molar-refractivity contribution in [1.82, 2.24) is 4.90 Å². The van der Waals surface area contributed by atoms with Crippen LogP contribution >= 0.6 is 0 Å². The van der Waals surface area contributed by atoms with Gasteiger partial charge in [0, 0.05) is 19.5 Å². The maximum Gasteiger partial charge on any atom is 0.308 e. The predicted molar refractivity (Wildman–Crippen MR) is 64.4 cm³/mol. The summed E-state index contributed by atoms with van der Waals surface area (Å²) in [7, 11) is 0. The Bertz CT molecular complexity index is 281. The fourth-order valence-electron chi connectivity index (χ4n) is 2.15. The molecule has 1 amide bonds. The molecule has 5 nitrogen and oxygen atoms in total. The number of nitrogens with zero attached hydrogens (tertiary/aromatic N) is 1. The SMILES string of the molecule is CC(CCN)CCC(=O)N1CCC(C(=O)O)C1. The fourth-order valence-corrected chi connectivity index (χ4v) is 2.15. The molecule has 5 heteroatoms. The largest absolute Gasteiger partial charge is 0.481 e. The molecule has 0 aromatic carbocycles. The second-order valence-corrected chi connectivity index (χ2v) is 4.88. The molecule has 17 heavy (non-hydrogen) atoms. The number of likely N-dealkylation sites (tertiary alicyclic amines) is 1.